The fraction of sp³-hybridized carbons (Fsp3) is 0.562. The van der Waals surface area contributed by atoms with E-state index in [1.807, 2.05) is 14.1 Å². The topological polar surface area (TPSA) is 58.4 Å². The van der Waals surface area contributed by atoms with Gasteiger partial charge in [-0.25, -0.2) is 4.39 Å². The van der Waals surface area contributed by atoms with Gasteiger partial charge in [-0.05, 0) is 38.2 Å². The third kappa shape index (κ3) is 4.70. The zero-order valence-electron chi connectivity index (χ0n) is 13.3. The van der Waals surface area contributed by atoms with E-state index >= 15 is 0 Å². The van der Waals surface area contributed by atoms with Crippen LogP contribution in [0, 0.1) is 11.7 Å². The minimum Gasteiger partial charge on any atom is -0.398 e. The highest BCUT2D eigenvalue weighted by Gasteiger charge is 2.21. The molecule has 0 saturated heterocycles. The van der Waals surface area contributed by atoms with Crippen LogP contribution in [0.3, 0.4) is 0 Å². The van der Waals surface area contributed by atoms with Gasteiger partial charge in [0.2, 0.25) is 0 Å². The highest BCUT2D eigenvalue weighted by molar-refractivity contribution is 5.99. The van der Waals surface area contributed by atoms with Crippen LogP contribution in [0.5, 0.6) is 0 Å². The first-order valence-corrected chi connectivity index (χ1v) is 7.40. The summed E-state index contributed by atoms with van der Waals surface area (Å²) in [5, 5.41) is 2.91. The third-order valence-corrected chi connectivity index (χ3v) is 3.99. The molecule has 3 N–H and O–H groups in total. The summed E-state index contributed by atoms with van der Waals surface area (Å²) in [6.45, 7) is 4.86. The number of hydrogen-bond donors (Lipinski definition) is 2. The van der Waals surface area contributed by atoms with Gasteiger partial charge in [0.05, 0.1) is 5.56 Å². The molecule has 0 heterocycles. The molecule has 1 aromatic carbocycles. The van der Waals surface area contributed by atoms with Crippen molar-refractivity contribution in [3.63, 3.8) is 0 Å². The molecule has 5 heteroatoms. The van der Waals surface area contributed by atoms with Crippen molar-refractivity contribution in [2.45, 2.75) is 32.7 Å². The Morgan fingerprint density at radius 2 is 1.95 bits per heavy atom. The van der Waals surface area contributed by atoms with Crippen molar-refractivity contribution >= 4 is 11.6 Å². The molecular weight excluding hydrogens is 269 g/mol. The molecule has 0 saturated carbocycles. The molecule has 1 amide bonds. The van der Waals surface area contributed by atoms with E-state index in [0.717, 1.165) is 12.8 Å². The van der Waals surface area contributed by atoms with Crippen LogP contribution in [-0.2, 0) is 0 Å². The normalized spacial score (nSPS) is 12.7. The number of amides is 1. The second kappa shape index (κ2) is 7.98. The maximum atomic E-state index is 13.0. The maximum absolute atomic E-state index is 13.0. The van der Waals surface area contributed by atoms with Crippen LogP contribution in [0.1, 0.15) is 37.0 Å². The summed E-state index contributed by atoms with van der Waals surface area (Å²) in [6.07, 6.45) is 2.13. The Labute approximate surface area is 126 Å². The number of nitrogens with zero attached hydrogens (tertiary/aromatic N) is 1. The molecule has 0 radical (unpaired) electrons. The summed E-state index contributed by atoms with van der Waals surface area (Å²) in [7, 11) is 4.03. The minimum absolute atomic E-state index is 0.163. The largest absolute Gasteiger partial charge is 0.398 e. The van der Waals surface area contributed by atoms with E-state index in [0.29, 0.717) is 18.0 Å². The summed E-state index contributed by atoms with van der Waals surface area (Å²) in [5.74, 6) is -0.177. The Hall–Kier alpha value is -1.62. The van der Waals surface area contributed by atoms with Crippen molar-refractivity contribution in [3.8, 4) is 0 Å². The van der Waals surface area contributed by atoms with Gasteiger partial charge in [-0.3, -0.25) is 4.79 Å². The van der Waals surface area contributed by atoms with Crippen molar-refractivity contribution in [1.29, 1.82) is 0 Å². The van der Waals surface area contributed by atoms with Crippen LogP contribution in [0.2, 0.25) is 0 Å². The molecule has 0 spiro atoms. The first kappa shape index (κ1) is 17.4. The van der Waals surface area contributed by atoms with Gasteiger partial charge in [-0.15, -0.1) is 0 Å². The number of carbonyl (C=O) groups is 1. The number of benzene rings is 1. The Morgan fingerprint density at radius 1 is 1.33 bits per heavy atom. The van der Waals surface area contributed by atoms with E-state index in [1.165, 1.54) is 18.2 Å². The van der Waals surface area contributed by atoms with E-state index in [4.69, 9.17) is 5.73 Å². The Bertz CT molecular complexity index is 473. The van der Waals surface area contributed by atoms with Gasteiger partial charge >= 0.3 is 0 Å². The molecule has 0 aliphatic carbocycles. The molecular formula is C16H26FN3O. The lowest BCUT2D eigenvalue weighted by Gasteiger charge is -2.31. The number of nitrogens with one attached hydrogen (secondary N) is 1. The van der Waals surface area contributed by atoms with Crippen LogP contribution >= 0.6 is 0 Å². The van der Waals surface area contributed by atoms with Crippen molar-refractivity contribution < 1.29 is 9.18 Å². The first-order valence-electron chi connectivity index (χ1n) is 7.40. The molecule has 0 fully saturated rings. The molecule has 21 heavy (non-hydrogen) atoms. The SMILES string of the molecule is CCC(CC)C(CNC(=O)c1ccc(F)cc1N)N(C)C. The number of halogens is 1. The van der Waals surface area contributed by atoms with Crippen molar-refractivity contribution in [2.24, 2.45) is 5.92 Å². The van der Waals surface area contributed by atoms with E-state index in [9.17, 15) is 9.18 Å². The number of rotatable bonds is 7. The van der Waals surface area contributed by atoms with E-state index in [-0.39, 0.29) is 17.6 Å². The van der Waals surface area contributed by atoms with Crippen LogP contribution in [0.25, 0.3) is 0 Å². The molecule has 4 nitrogen and oxygen atoms in total. The summed E-state index contributed by atoms with van der Waals surface area (Å²) in [6, 6.07) is 4.10. The Balaban J connectivity index is 2.73. The Morgan fingerprint density at radius 3 is 2.43 bits per heavy atom. The summed E-state index contributed by atoms with van der Waals surface area (Å²) >= 11 is 0. The van der Waals surface area contributed by atoms with Gasteiger partial charge in [0.1, 0.15) is 5.82 Å². The van der Waals surface area contributed by atoms with E-state index in [2.05, 4.69) is 24.1 Å². The Kier molecular flexibility index (Phi) is 6.62. The van der Waals surface area contributed by atoms with Gasteiger partial charge < -0.3 is 16.0 Å². The molecule has 1 aromatic rings. The number of nitrogens with two attached hydrogens (primary N) is 1. The second-order valence-corrected chi connectivity index (χ2v) is 5.55. The lowest BCUT2D eigenvalue weighted by molar-refractivity contribution is 0.0929. The van der Waals surface area contributed by atoms with Crippen LogP contribution in [-0.4, -0.2) is 37.5 Å². The molecule has 1 rings (SSSR count). The lowest BCUT2D eigenvalue weighted by Crippen LogP contribution is -2.44. The highest BCUT2D eigenvalue weighted by atomic mass is 19.1. The van der Waals surface area contributed by atoms with E-state index < -0.39 is 5.82 Å². The number of nitrogen functional groups attached to an aromatic ring is 1. The first-order chi connectivity index (χ1) is 9.90. The molecule has 1 unspecified atom stereocenters. The average Bonchev–Trinajstić information content (AvgIpc) is 2.42. The number of carbonyl (C=O) groups excluding carboxylic acids is 1. The quantitative estimate of drug-likeness (QED) is 0.760. The predicted octanol–water partition coefficient (Wildman–Crippen LogP) is 2.50. The van der Waals surface area contributed by atoms with Crippen molar-refractivity contribution in [3.05, 3.63) is 29.6 Å². The van der Waals surface area contributed by atoms with Gasteiger partial charge in [0.15, 0.2) is 0 Å². The minimum atomic E-state index is -0.438. The summed E-state index contributed by atoms with van der Waals surface area (Å²) < 4.78 is 13.0. The standard InChI is InChI=1S/C16H26FN3O/c1-5-11(6-2)15(20(3)4)10-19-16(21)13-8-7-12(17)9-14(13)18/h7-9,11,15H,5-6,10,18H2,1-4H3,(H,19,21). The summed E-state index contributed by atoms with van der Waals surface area (Å²) in [5.41, 5.74) is 6.17. The number of anilines is 1. The average molecular weight is 295 g/mol. The summed E-state index contributed by atoms with van der Waals surface area (Å²) in [4.78, 5) is 14.3. The predicted molar refractivity (Wildman–Crippen MR) is 84.7 cm³/mol. The highest BCUT2D eigenvalue weighted by Crippen LogP contribution is 2.17. The number of likely N-dealkylation sites (N-methyl/N-ethyl adjacent to an activating group) is 1. The zero-order valence-corrected chi connectivity index (χ0v) is 13.3. The fourth-order valence-electron chi connectivity index (χ4n) is 2.64. The zero-order chi connectivity index (χ0) is 16.0. The van der Waals surface area contributed by atoms with Gasteiger partial charge in [0, 0.05) is 18.3 Å². The van der Waals surface area contributed by atoms with Crippen molar-refractivity contribution in [1.82, 2.24) is 10.2 Å². The molecule has 0 bridgehead atoms. The lowest BCUT2D eigenvalue weighted by atomic mass is 9.93. The number of hydrogen-bond acceptors (Lipinski definition) is 3. The molecule has 1 atom stereocenters. The third-order valence-electron chi connectivity index (χ3n) is 3.99. The van der Waals surface area contributed by atoms with Crippen LogP contribution < -0.4 is 11.1 Å². The molecule has 0 aromatic heterocycles. The molecule has 0 aliphatic heterocycles. The monoisotopic (exact) mass is 295 g/mol. The van der Waals surface area contributed by atoms with Crippen LogP contribution in [0.15, 0.2) is 18.2 Å². The maximum Gasteiger partial charge on any atom is 0.253 e. The second-order valence-electron chi connectivity index (χ2n) is 5.55. The van der Waals surface area contributed by atoms with Gasteiger partial charge in [-0.1, -0.05) is 26.7 Å². The molecule has 0 aliphatic rings. The van der Waals surface area contributed by atoms with Crippen molar-refractivity contribution in [2.75, 3.05) is 26.4 Å². The van der Waals surface area contributed by atoms with Gasteiger partial charge in [0.25, 0.3) is 5.91 Å². The smallest absolute Gasteiger partial charge is 0.253 e. The van der Waals surface area contributed by atoms with Crippen LogP contribution in [0.4, 0.5) is 10.1 Å². The molecule has 118 valence electrons. The fourth-order valence-corrected chi connectivity index (χ4v) is 2.64. The van der Waals surface area contributed by atoms with E-state index in [1.54, 1.807) is 0 Å². The van der Waals surface area contributed by atoms with Gasteiger partial charge in [-0.2, -0.15) is 0 Å².